The molecule has 1 N–H and O–H groups in total. The van der Waals surface area contributed by atoms with Gasteiger partial charge < -0.3 is 9.73 Å². The molecule has 1 heterocycles. The molecule has 0 bridgehead atoms. The molecule has 2 rings (SSSR count). The summed E-state index contributed by atoms with van der Waals surface area (Å²) < 4.78 is 29.8. The van der Waals surface area contributed by atoms with E-state index in [4.69, 9.17) is 16.0 Å². The van der Waals surface area contributed by atoms with Crippen molar-refractivity contribution in [2.45, 2.75) is 4.90 Å². The Morgan fingerprint density at radius 1 is 1.19 bits per heavy atom. The summed E-state index contributed by atoms with van der Waals surface area (Å²) >= 11 is 5.71. The monoisotopic (exact) mass is 328 g/mol. The molecule has 0 saturated carbocycles. The highest BCUT2D eigenvalue weighted by molar-refractivity contribution is 7.89. The Bertz CT molecular complexity index is 751. The van der Waals surface area contributed by atoms with Crippen LogP contribution in [-0.2, 0) is 10.0 Å². The molecule has 1 aromatic heterocycles. The van der Waals surface area contributed by atoms with Gasteiger partial charge in [-0.05, 0) is 41.9 Å². The number of sulfonamides is 1. The SMILES string of the molecule is CN(C)S(=O)(=O)c1ccc(NC(=O)c2ccoc2Cl)cc1. The number of anilines is 1. The lowest BCUT2D eigenvalue weighted by Gasteiger charge is -2.11. The summed E-state index contributed by atoms with van der Waals surface area (Å²) in [6, 6.07) is 7.29. The first kappa shape index (κ1) is 15.6. The number of rotatable bonds is 4. The van der Waals surface area contributed by atoms with Crippen molar-refractivity contribution >= 4 is 33.2 Å². The van der Waals surface area contributed by atoms with E-state index in [1.807, 2.05) is 0 Å². The van der Waals surface area contributed by atoms with Gasteiger partial charge in [-0.25, -0.2) is 12.7 Å². The molecular formula is C13H13ClN2O4S. The van der Waals surface area contributed by atoms with Gasteiger partial charge in [-0.3, -0.25) is 4.79 Å². The number of carbonyl (C=O) groups is 1. The molecule has 0 aliphatic heterocycles. The molecule has 6 nitrogen and oxygen atoms in total. The van der Waals surface area contributed by atoms with E-state index in [0.29, 0.717) is 5.69 Å². The largest absolute Gasteiger partial charge is 0.452 e. The van der Waals surface area contributed by atoms with E-state index in [1.165, 1.54) is 50.7 Å². The van der Waals surface area contributed by atoms with Gasteiger partial charge in [0.25, 0.3) is 5.91 Å². The number of nitrogens with zero attached hydrogens (tertiary/aromatic N) is 1. The normalized spacial score (nSPS) is 11.6. The van der Waals surface area contributed by atoms with Crippen molar-refractivity contribution in [2.75, 3.05) is 19.4 Å². The summed E-state index contributed by atoms with van der Waals surface area (Å²) in [4.78, 5) is 12.0. The predicted octanol–water partition coefficient (Wildman–Crippen LogP) is 2.44. The number of nitrogens with one attached hydrogen (secondary N) is 1. The molecule has 0 spiro atoms. The quantitative estimate of drug-likeness (QED) is 0.934. The molecule has 0 fully saturated rings. The van der Waals surface area contributed by atoms with Gasteiger partial charge in [0.2, 0.25) is 15.2 Å². The van der Waals surface area contributed by atoms with E-state index < -0.39 is 15.9 Å². The molecule has 8 heteroatoms. The summed E-state index contributed by atoms with van der Waals surface area (Å²) in [6.45, 7) is 0. The standard InChI is InChI=1S/C13H13ClN2O4S/c1-16(2)21(18,19)10-5-3-9(4-6-10)15-13(17)11-7-8-20-12(11)14/h3-8H,1-2H3,(H,15,17). The van der Waals surface area contributed by atoms with Crippen LogP contribution >= 0.6 is 11.6 Å². The second-order valence-electron chi connectivity index (χ2n) is 4.37. The van der Waals surface area contributed by atoms with Gasteiger partial charge in [-0.15, -0.1) is 0 Å². The molecule has 1 aromatic carbocycles. The minimum atomic E-state index is -3.49. The molecule has 0 radical (unpaired) electrons. The highest BCUT2D eigenvalue weighted by Gasteiger charge is 2.17. The Balaban J connectivity index is 2.17. The zero-order valence-electron chi connectivity index (χ0n) is 11.3. The number of carbonyl (C=O) groups excluding carboxylic acids is 1. The average molecular weight is 329 g/mol. The van der Waals surface area contributed by atoms with Gasteiger partial charge in [-0.2, -0.15) is 0 Å². The van der Waals surface area contributed by atoms with Crippen LogP contribution in [0, 0.1) is 0 Å². The first-order valence-corrected chi connectivity index (χ1v) is 7.71. The Morgan fingerprint density at radius 3 is 2.29 bits per heavy atom. The number of halogens is 1. The smallest absolute Gasteiger partial charge is 0.260 e. The summed E-state index contributed by atoms with van der Waals surface area (Å²) in [6.07, 6.45) is 1.31. The zero-order valence-corrected chi connectivity index (χ0v) is 12.9. The van der Waals surface area contributed by atoms with Crippen molar-refractivity contribution in [3.05, 3.63) is 47.4 Å². The van der Waals surface area contributed by atoms with E-state index in [1.54, 1.807) is 0 Å². The summed E-state index contributed by atoms with van der Waals surface area (Å²) in [5.74, 6) is -0.433. The van der Waals surface area contributed by atoms with Crippen molar-refractivity contribution in [3.8, 4) is 0 Å². The average Bonchev–Trinajstić information content (AvgIpc) is 2.85. The van der Waals surface area contributed by atoms with Crippen LogP contribution in [0.25, 0.3) is 0 Å². The topological polar surface area (TPSA) is 79.6 Å². The second kappa shape index (κ2) is 5.88. The van der Waals surface area contributed by atoms with Gasteiger partial charge >= 0.3 is 0 Å². The van der Waals surface area contributed by atoms with Crippen LogP contribution in [0.1, 0.15) is 10.4 Å². The van der Waals surface area contributed by atoms with Crippen LogP contribution in [0.4, 0.5) is 5.69 Å². The van der Waals surface area contributed by atoms with E-state index in [0.717, 1.165) is 4.31 Å². The van der Waals surface area contributed by atoms with Gasteiger partial charge in [-0.1, -0.05) is 0 Å². The van der Waals surface area contributed by atoms with E-state index in [-0.39, 0.29) is 15.7 Å². The van der Waals surface area contributed by atoms with Crippen molar-refractivity contribution in [3.63, 3.8) is 0 Å². The van der Waals surface area contributed by atoms with Gasteiger partial charge in [0.05, 0.1) is 16.7 Å². The fraction of sp³-hybridized carbons (Fsp3) is 0.154. The highest BCUT2D eigenvalue weighted by Crippen LogP contribution is 2.20. The van der Waals surface area contributed by atoms with Crippen LogP contribution in [0.3, 0.4) is 0 Å². The number of benzene rings is 1. The number of hydrogen-bond donors (Lipinski definition) is 1. The molecule has 0 unspecified atom stereocenters. The minimum absolute atomic E-state index is 0.000643. The van der Waals surface area contributed by atoms with E-state index in [2.05, 4.69) is 5.32 Å². The van der Waals surface area contributed by atoms with Crippen molar-refractivity contribution < 1.29 is 17.6 Å². The minimum Gasteiger partial charge on any atom is -0.452 e. The van der Waals surface area contributed by atoms with Crippen molar-refractivity contribution in [1.82, 2.24) is 4.31 Å². The summed E-state index contributed by atoms with van der Waals surface area (Å²) in [7, 11) is -0.587. The first-order chi connectivity index (χ1) is 9.82. The fourth-order valence-electron chi connectivity index (χ4n) is 1.58. The van der Waals surface area contributed by atoms with E-state index in [9.17, 15) is 13.2 Å². The molecular weight excluding hydrogens is 316 g/mol. The lowest BCUT2D eigenvalue weighted by atomic mass is 10.3. The molecule has 21 heavy (non-hydrogen) atoms. The molecule has 112 valence electrons. The van der Waals surface area contributed by atoms with E-state index >= 15 is 0 Å². The highest BCUT2D eigenvalue weighted by atomic mass is 35.5. The van der Waals surface area contributed by atoms with Gasteiger partial charge in [0.15, 0.2) is 0 Å². The zero-order chi connectivity index (χ0) is 15.6. The third-order valence-corrected chi connectivity index (χ3v) is 4.88. The van der Waals surface area contributed by atoms with Crippen molar-refractivity contribution in [1.29, 1.82) is 0 Å². The predicted molar refractivity (Wildman–Crippen MR) is 79.0 cm³/mol. The Kier molecular flexibility index (Phi) is 4.36. The second-order valence-corrected chi connectivity index (χ2v) is 6.87. The lowest BCUT2D eigenvalue weighted by molar-refractivity contribution is 0.102. The third-order valence-electron chi connectivity index (χ3n) is 2.75. The molecule has 0 saturated heterocycles. The maximum absolute atomic E-state index is 11.9. The molecule has 1 amide bonds. The van der Waals surface area contributed by atoms with Crippen LogP contribution in [0.5, 0.6) is 0 Å². The number of furan rings is 1. The lowest BCUT2D eigenvalue weighted by Crippen LogP contribution is -2.22. The molecule has 0 aliphatic rings. The Hall–Kier alpha value is -1.83. The third kappa shape index (κ3) is 3.26. The summed E-state index contributed by atoms with van der Waals surface area (Å²) in [5, 5.41) is 2.60. The fourth-order valence-corrected chi connectivity index (χ4v) is 2.68. The maximum atomic E-state index is 11.9. The molecule has 0 aliphatic carbocycles. The number of amides is 1. The van der Waals surface area contributed by atoms with Gasteiger partial charge in [0, 0.05) is 19.8 Å². The van der Waals surface area contributed by atoms with Crippen LogP contribution in [0.15, 0.2) is 45.9 Å². The molecule has 2 aromatic rings. The van der Waals surface area contributed by atoms with Crippen LogP contribution in [0.2, 0.25) is 5.22 Å². The first-order valence-electron chi connectivity index (χ1n) is 5.89. The Labute approximate surface area is 127 Å². The maximum Gasteiger partial charge on any atom is 0.260 e. The van der Waals surface area contributed by atoms with Crippen LogP contribution < -0.4 is 5.32 Å². The number of hydrogen-bond acceptors (Lipinski definition) is 4. The van der Waals surface area contributed by atoms with Crippen molar-refractivity contribution in [2.24, 2.45) is 0 Å². The van der Waals surface area contributed by atoms with Crippen LogP contribution in [-0.4, -0.2) is 32.7 Å². The van der Waals surface area contributed by atoms with Gasteiger partial charge in [0.1, 0.15) is 0 Å². The molecule has 0 atom stereocenters. The Morgan fingerprint density at radius 2 is 1.81 bits per heavy atom. The summed E-state index contributed by atoms with van der Waals surface area (Å²) in [5.41, 5.74) is 0.664.